The third-order valence-corrected chi connectivity index (χ3v) is 7.14. The highest BCUT2D eigenvalue weighted by Gasteiger charge is 2.41. The molecular formula is C21H22F7N3O4S. The van der Waals surface area contributed by atoms with Gasteiger partial charge in [-0.15, -0.1) is 0 Å². The Kier molecular flexibility index (Phi) is 7.63. The maximum atomic E-state index is 14.3. The average molecular weight is 545 g/mol. The molecule has 2 aliphatic rings. The number of hydrogen-bond acceptors (Lipinski definition) is 6. The normalized spacial score (nSPS) is 20.5. The van der Waals surface area contributed by atoms with Gasteiger partial charge in [-0.25, -0.2) is 17.8 Å². The van der Waals surface area contributed by atoms with Gasteiger partial charge >= 0.3 is 12.4 Å². The Morgan fingerprint density at radius 1 is 1.14 bits per heavy atom. The molecule has 3 rings (SSSR count). The first-order valence-corrected chi connectivity index (χ1v) is 12.6. The summed E-state index contributed by atoms with van der Waals surface area (Å²) >= 11 is 0. The van der Waals surface area contributed by atoms with Crippen LogP contribution in [0.4, 0.5) is 36.6 Å². The van der Waals surface area contributed by atoms with Crippen LogP contribution in [0.15, 0.2) is 35.7 Å². The highest BCUT2D eigenvalue weighted by atomic mass is 32.2. The molecule has 1 aliphatic carbocycles. The molecule has 1 saturated heterocycles. The number of amides is 1. The maximum absolute atomic E-state index is 14.3. The predicted octanol–water partition coefficient (Wildman–Crippen LogP) is 3.48. The zero-order chi connectivity index (χ0) is 27.1. The highest BCUT2D eigenvalue weighted by Crippen LogP contribution is 2.33. The van der Waals surface area contributed by atoms with Crippen LogP contribution in [0.2, 0.25) is 0 Å². The number of anilines is 1. The summed E-state index contributed by atoms with van der Waals surface area (Å²) in [6.45, 7) is 0.509. The molecule has 0 bridgehead atoms. The van der Waals surface area contributed by atoms with Crippen molar-refractivity contribution in [2.45, 2.75) is 37.1 Å². The number of piperazine rings is 1. The Balaban J connectivity index is 1.77. The van der Waals surface area contributed by atoms with E-state index >= 15 is 0 Å². The van der Waals surface area contributed by atoms with Crippen molar-refractivity contribution in [2.75, 3.05) is 37.3 Å². The number of allylic oxidation sites excluding steroid dienone is 1. The molecule has 0 radical (unpaired) electrons. The van der Waals surface area contributed by atoms with E-state index in [0.717, 1.165) is 25.3 Å². The number of alkyl halides is 6. The van der Waals surface area contributed by atoms with Crippen LogP contribution in [-0.4, -0.2) is 74.2 Å². The second-order valence-corrected chi connectivity index (χ2v) is 10.6. The van der Waals surface area contributed by atoms with Crippen LogP contribution in [-0.2, 0) is 25.5 Å². The minimum atomic E-state index is -4.77. The number of nitrogens with zero attached hydrogens (tertiary/aromatic N) is 3. The zero-order valence-electron chi connectivity index (χ0n) is 19.0. The average Bonchev–Trinajstić information content (AvgIpc) is 2.77. The Morgan fingerprint density at radius 2 is 1.75 bits per heavy atom. The minimum absolute atomic E-state index is 0.0390. The fourth-order valence-electron chi connectivity index (χ4n) is 3.62. The van der Waals surface area contributed by atoms with E-state index in [-0.39, 0.29) is 44.0 Å². The number of carbonyl (C=O) groups is 1. The van der Waals surface area contributed by atoms with Crippen molar-refractivity contribution in [2.24, 2.45) is 0 Å². The Labute approximate surface area is 202 Å². The molecule has 1 aliphatic heterocycles. The van der Waals surface area contributed by atoms with Crippen molar-refractivity contribution in [3.63, 3.8) is 0 Å². The largest absolute Gasteiger partial charge is 0.481 e. The first-order valence-electron chi connectivity index (χ1n) is 10.6. The maximum Gasteiger partial charge on any atom is 0.425 e. The van der Waals surface area contributed by atoms with E-state index < -0.39 is 56.6 Å². The van der Waals surface area contributed by atoms with Crippen LogP contribution in [0, 0.1) is 5.82 Å². The van der Waals surface area contributed by atoms with Gasteiger partial charge in [-0.1, -0.05) is 0 Å². The Hall–Kier alpha value is -2.84. The van der Waals surface area contributed by atoms with Gasteiger partial charge in [-0.3, -0.25) is 4.79 Å². The van der Waals surface area contributed by atoms with Crippen LogP contribution in [0.25, 0.3) is 0 Å². The first-order chi connectivity index (χ1) is 16.5. The number of sulfone groups is 1. The number of carbonyl (C=O) groups excluding carboxylic acids is 1. The third-order valence-electron chi connectivity index (χ3n) is 5.71. The summed E-state index contributed by atoms with van der Waals surface area (Å²) in [5.41, 5.74) is -1.60. The molecule has 1 aromatic rings. The minimum Gasteiger partial charge on any atom is -0.481 e. The number of halogens is 7. The first kappa shape index (κ1) is 27.7. The van der Waals surface area contributed by atoms with Gasteiger partial charge in [0.05, 0.1) is 16.4 Å². The van der Waals surface area contributed by atoms with Crippen molar-refractivity contribution in [3.05, 3.63) is 47.1 Å². The monoisotopic (exact) mass is 545 g/mol. The van der Waals surface area contributed by atoms with Gasteiger partial charge in [0, 0.05) is 38.6 Å². The van der Waals surface area contributed by atoms with Gasteiger partial charge in [0.25, 0.3) is 5.91 Å². The molecule has 15 heteroatoms. The number of rotatable bonds is 5. The molecule has 0 N–H and O–H groups in total. The summed E-state index contributed by atoms with van der Waals surface area (Å²) in [6, 6.07) is 0.314. The van der Waals surface area contributed by atoms with Crippen molar-refractivity contribution in [1.82, 2.24) is 9.88 Å². The van der Waals surface area contributed by atoms with Crippen LogP contribution in [0.3, 0.4) is 0 Å². The highest BCUT2D eigenvalue weighted by molar-refractivity contribution is 7.91. The van der Waals surface area contributed by atoms with E-state index in [1.165, 1.54) is 9.80 Å². The van der Waals surface area contributed by atoms with Crippen molar-refractivity contribution in [3.8, 4) is 0 Å². The van der Waals surface area contributed by atoms with E-state index in [1.54, 1.807) is 0 Å². The molecule has 2 heterocycles. The van der Waals surface area contributed by atoms with Crippen LogP contribution in [0.1, 0.15) is 18.9 Å². The summed E-state index contributed by atoms with van der Waals surface area (Å²) in [5, 5.41) is -1.14. The number of aromatic nitrogens is 1. The number of hydrogen-bond donors (Lipinski definition) is 0. The quantitative estimate of drug-likeness (QED) is 0.528. The summed E-state index contributed by atoms with van der Waals surface area (Å²) < 4.78 is 121. The van der Waals surface area contributed by atoms with E-state index in [4.69, 9.17) is 4.74 Å². The lowest BCUT2D eigenvalue weighted by atomic mass is 10.0. The molecular weight excluding hydrogens is 523 g/mol. The number of ether oxygens (including phenoxy) is 1. The lowest BCUT2D eigenvalue weighted by molar-refractivity contribution is -0.202. The van der Waals surface area contributed by atoms with Gasteiger partial charge in [0.1, 0.15) is 5.76 Å². The van der Waals surface area contributed by atoms with E-state index in [1.807, 2.05) is 0 Å². The summed E-state index contributed by atoms with van der Waals surface area (Å²) in [6.07, 6.45) is -8.34. The second kappa shape index (κ2) is 9.90. The van der Waals surface area contributed by atoms with E-state index in [2.05, 4.69) is 4.98 Å². The lowest BCUT2D eigenvalue weighted by Gasteiger charge is -2.36. The van der Waals surface area contributed by atoms with Crippen molar-refractivity contribution in [1.29, 1.82) is 0 Å². The van der Waals surface area contributed by atoms with Crippen LogP contribution >= 0.6 is 0 Å². The van der Waals surface area contributed by atoms with E-state index in [0.29, 0.717) is 12.3 Å². The van der Waals surface area contributed by atoms with Gasteiger partial charge < -0.3 is 14.5 Å². The molecule has 1 fully saturated rings. The molecule has 0 spiro atoms. The van der Waals surface area contributed by atoms with Crippen LogP contribution in [0.5, 0.6) is 0 Å². The smallest absolute Gasteiger partial charge is 0.425 e. The summed E-state index contributed by atoms with van der Waals surface area (Å²) in [7, 11) is -3.67. The molecule has 0 saturated carbocycles. The Bertz CT molecular complexity index is 1170. The summed E-state index contributed by atoms with van der Waals surface area (Å²) in [5.74, 6) is -2.73. The SMILES string of the molecule is C[C@H](OC1=CCC(S(C)(=O)=O)C=C1C(=O)N1CCN(c2ncc(C(F)(F)F)cc2F)CC1)C(F)(F)F. The molecule has 200 valence electrons. The molecule has 7 nitrogen and oxygen atoms in total. The van der Waals surface area contributed by atoms with Gasteiger partial charge in [-0.2, -0.15) is 26.3 Å². The van der Waals surface area contributed by atoms with E-state index in [9.17, 15) is 43.9 Å². The molecule has 2 atom stereocenters. The molecule has 36 heavy (non-hydrogen) atoms. The topological polar surface area (TPSA) is 79.8 Å². The summed E-state index contributed by atoms with van der Waals surface area (Å²) in [4.78, 5) is 19.2. The molecule has 1 amide bonds. The number of pyridine rings is 1. The predicted molar refractivity (Wildman–Crippen MR) is 114 cm³/mol. The fourth-order valence-corrected chi connectivity index (χ4v) is 4.45. The molecule has 1 aromatic heterocycles. The van der Waals surface area contributed by atoms with Gasteiger partial charge in [-0.05, 0) is 31.6 Å². The zero-order valence-corrected chi connectivity index (χ0v) is 19.8. The second-order valence-electron chi connectivity index (χ2n) is 8.36. The van der Waals surface area contributed by atoms with Crippen molar-refractivity contribution >= 4 is 21.6 Å². The molecule has 1 unspecified atom stereocenters. The van der Waals surface area contributed by atoms with Crippen molar-refractivity contribution < 1.29 is 48.7 Å². The third kappa shape index (κ3) is 6.28. The van der Waals surface area contributed by atoms with Crippen LogP contribution < -0.4 is 4.90 Å². The van der Waals surface area contributed by atoms with Gasteiger partial charge in [0.15, 0.2) is 27.6 Å². The fraction of sp³-hybridized carbons (Fsp3) is 0.524. The lowest BCUT2D eigenvalue weighted by Crippen LogP contribution is -2.50. The van der Waals surface area contributed by atoms with Gasteiger partial charge in [0.2, 0.25) is 0 Å². The molecule has 0 aromatic carbocycles. The standard InChI is InChI=1S/C21H22F7N3O4S/c1-12(20(23,24)25)35-17-4-3-14(36(2,33)34)10-15(17)19(32)31-7-5-30(6-8-31)18-16(22)9-13(11-29-18)21(26,27)28/h4,9-12,14H,3,5-8H2,1-2H3/t12-,14?/m0/s1. The Morgan fingerprint density at radius 3 is 2.25 bits per heavy atom.